The third kappa shape index (κ3) is 4.29. The molecule has 0 saturated carbocycles. The average Bonchev–Trinajstić information content (AvgIpc) is 2.85. The molecule has 1 unspecified atom stereocenters. The van der Waals surface area contributed by atoms with Crippen molar-refractivity contribution in [3.63, 3.8) is 0 Å². The van der Waals surface area contributed by atoms with Crippen LogP contribution in [-0.4, -0.2) is 27.4 Å². The van der Waals surface area contributed by atoms with Crippen LogP contribution in [0.2, 0.25) is 0 Å². The third-order valence-corrected chi connectivity index (χ3v) is 3.07. The lowest BCUT2D eigenvalue weighted by Gasteiger charge is -2.18. The molecule has 0 aliphatic heterocycles. The first-order valence-corrected chi connectivity index (χ1v) is 7.44. The molecule has 1 N–H and O–H groups in total. The van der Waals surface area contributed by atoms with E-state index < -0.39 is 0 Å². The SMILES string of the molecule is CCCNC(c1cncc(OC(C)C)c1)c1ccn(C)n1. The monoisotopic (exact) mass is 288 g/mol. The highest BCUT2D eigenvalue weighted by atomic mass is 16.5. The number of nitrogens with zero attached hydrogens (tertiary/aromatic N) is 3. The second kappa shape index (κ2) is 7.22. The van der Waals surface area contributed by atoms with Crippen LogP contribution in [0.3, 0.4) is 0 Å². The highest BCUT2D eigenvalue weighted by molar-refractivity contribution is 5.31. The molecule has 114 valence electrons. The molecule has 0 aromatic carbocycles. The van der Waals surface area contributed by atoms with Crippen LogP contribution < -0.4 is 10.1 Å². The second-order valence-electron chi connectivity index (χ2n) is 5.42. The van der Waals surface area contributed by atoms with Gasteiger partial charge in [-0.3, -0.25) is 9.67 Å². The maximum atomic E-state index is 5.73. The molecule has 2 aromatic heterocycles. The molecule has 5 nitrogen and oxygen atoms in total. The normalized spacial score (nSPS) is 12.6. The van der Waals surface area contributed by atoms with Gasteiger partial charge in [0.2, 0.25) is 0 Å². The minimum absolute atomic E-state index is 0.0364. The van der Waals surface area contributed by atoms with Gasteiger partial charge in [-0.05, 0) is 44.5 Å². The van der Waals surface area contributed by atoms with Gasteiger partial charge in [0.05, 0.1) is 24.0 Å². The highest BCUT2D eigenvalue weighted by Crippen LogP contribution is 2.23. The van der Waals surface area contributed by atoms with Gasteiger partial charge in [-0.1, -0.05) is 6.92 Å². The molecule has 0 saturated heterocycles. The zero-order valence-electron chi connectivity index (χ0n) is 13.2. The summed E-state index contributed by atoms with van der Waals surface area (Å²) in [5.41, 5.74) is 2.06. The second-order valence-corrected chi connectivity index (χ2v) is 5.42. The minimum Gasteiger partial charge on any atom is -0.489 e. The van der Waals surface area contributed by atoms with Gasteiger partial charge in [0.25, 0.3) is 0 Å². The van der Waals surface area contributed by atoms with Crippen LogP contribution in [0.5, 0.6) is 5.75 Å². The van der Waals surface area contributed by atoms with Crippen LogP contribution in [0.25, 0.3) is 0 Å². The van der Waals surface area contributed by atoms with Gasteiger partial charge in [-0.2, -0.15) is 5.10 Å². The molecule has 0 amide bonds. The topological polar surface area (TPSA) is 52.0 Å². The van der Waals surface area contributed by atoms with Gasteiger partial charge < -0.3 is 10.1 Å². The fourth-order valence-corrected chi connectivity index (χ4v) is 2.20. The van der Waals surface area contributed by atoms with E-state index in [1.807, 2.05) is 50.1 Å². The van der Waals surface area contributed by atoms with Crippen molar-refractivity contribution in [3.8, 4) is 5.75 Å². The zero-order chi connectivity index (χ0) is 15.2. The van der Waals surface area contributed by atoms with Crippen molar-refractivity contribution in [2.75, 3.05) is 6.54 Å². The van der Waals surface area contributed by atoms with Crippen LogP contribution >= 0.6 is 0 Å². The van der Waals surface area contributed by atoms with Gasteiger partial charge in [-0.15, -0.1) is 0 Å². The van der Waals surface area contributed by atoms with Crippen LogP contribution in [-0.2, 0) is 7.05 Å². The first-order chi connectivity index (χ1) is 10.1. The summed E-state index contributed by atoms with van der Waals surface area (Å²) in [6.45, 7) is 7.10. The third-order valence-electron chi connectivity index (χ3n) is 3.07. The van der Waals surface area contributed by atoms with Crippen LogP contribution in [0, 0.1) is 0 Å². The largest absolute Gasteiger partial charge is 0.489 e. The van der Waals surface area contributed by atoms with Crippen molar-refractivity contribution >= 4 is 0 Å². The predicted molar refractivity (Wildman–Crippen MR) is 83.3 cm³/mol. The van der Waals surface area contributed by atoms with Gasteiger partial charge in [0, 0.05) is 19.4 Å². The van der Waals surface area contributed by atoms with E-state index in [1.165, 1.54) is 0 Å². The van der Waals surface area contributed by atoms with Crippen LogP contribution in [0.4, 0.5) is 0 Å². The number of pyridine rings is 1. The smallest absolute Gasteiger partial charge is 0.138 e. The summed E-state index contributed by atoms with van der Waals surface area (Å²) in [6.07, 6.45) is 6.78. The lowest BCUT2D eigenvalue weighted by Crippen LogP contribution is -2.24. The van der Waals surface area contributed by atoms with E-state index in [2.05, 4.69) is 22.3 Å². The maximum absolute atomic E-state index is 5.73. The molecular formula is C16H24N4O. The van der Waals surface area contributed by atoms with E-state index in [1.54, 1.807) is 6.20 Å². The van der Waals surface area contributed by atoms with Gasteiger partial charge >= 0.3 is 0 Å². The number of aromatic nitrogens is 3. The Labute approximate surface area is 126 Å². The number of hydrogen-bond donors (Lipinski definition) is 1. The summed E-state index contributed by atoms with van der Waals surface area (Å²) in [5.74, 6) is 0.793. The van der Waals surface area contributed by atoms with Gasteiger partial charge in [0.15, 0.2) is 0 Å². The Morgan fingerprint density at radius 2 is 2.14 bits per heavy atom. The van der Waals surface area contributed by atoms with E-state index >= 15 is 0 Å². The average molecular weight is 288 g/mol. The van der Waals surface area contributed by atoms with Crippen LogP contribution in [0.15, 0.2) is 30.7 Å². The van der Waals surface area contributed by atoms with Crippen molar-refractivity contribution in [1.29, 1.82) is 0 Å². The molecule has 0 radical (unpaired) electrons. The van der Waals surface area contributed by atoms with Crippen molar-refractivity contribution in [3.05, 3.63) is 42.0 Å². The molecule has 2 aromatic rings. The number of aryl methyl sites for hydroxylation is 1. The summed E-state index contributed by atoms with van der Waals surface area (Å²) in [7, 11) is 1.93. The van der Waals surface area contributed by atoms with Gasteiger partial charge in [0.1, 0.15) is 5.75 Å². The van der Waals surface area contributed by atoms with Gasteiger partial charge in [-0.25, -0.2) is 0 Å². The molecule has 1 atom stereocenters. The lowest BCUT2D eigenvalue weighted by molar-refractivity contribution is 0.241. The molecule has 0 aliphatic rings. The fourth-order valence-electron chi connectivity index (χ4n) is 2.20. The molecule has 0 fully saturated rings. The van der Waals surface area contributed by atoms with Crippen molar-refractivity contribution in [2.45, 2.75) is 39.3 Å². The van der Waals surface area contributed by atoms with E-state index in [9.17, 15) is 0 Å². The predicted octanol–water partition coefficient (Wildman–Crippen LogP) is 2.69. The van der Waals surface area contributed by atoms with Crippen molar-refractivity contribution in [2.24, 2.45) is 7.05 Å². The Kier molecular flexibility index (Phi) is 5.33. The Hall–Kier alpha value is -1.88. The summed E-state index contributed by atoms with van der Waals surface area (Å²) in [6, 6.07) is 4.10. The highest BCUT2D eigenvalue weighted by Gasteiger charge is 2.17. The number of rotatable bonds is 7. The number of nitrogens with one attached hydrogen (secondary N) is 1. The number of ether oxygens (including phenoxy) is 1. The standard InChI is InChI=1S/C16H24N4O/c1-5-7-18-16(15-6-8-20(4)19-15)13-9-14(11-17-10-13)21-12(2)3/h6,8-12,16,18H,5,7H2,1-4H3. The molecule has 2 rings (SSSR count). The molecular weight excluding hydrogens is 264 g/mol. The number of hydrogen-bond acceptors (Lipinski definition) is 4. The molecule has 0 aliphatic carbocycles. The van der Waals surface area contributed by atoms with E-state index in [4.69, 9.17) is 4.74 Å². The first-order valence-electron chi connectivity index (χ1n) is 7.44. The summed E-state index contributed by atoms with van der Waals surface area (Å²) >= 11 is 0. The first kappa shape index (κ1) is 15.5. The summed E-state index contributed by atoms with van der Waals surface area (Å²) in [5, 5.41) is 8.04. The lowest BCUT2D eigenvalue weighted by atomic mass is 10.1. The Morgan fingerprint density at radius 3 is 2.76 bits per heavy atom. The van der Waals surface area contributed by atoms with Crippen molar-refractivity contribution in [1.82, 2.24) is 20.1 Å². The summed E-state index contributed by atoms with van der Waals surface area (Å²) < 4.78 is 7.55. The fraction of sp³-hybridized carbons (Fsp3) is 0.500. The van der Waals surface area contributed by atoms with Crippen molar-refractivity contribution < 1.29 is 4.74 Å². The minimum atomic E-state index is 0.0364. The Bertz CT molecular complexity index is 565. The molecule has 2 heterocycles. The molecule has 5 heteroatoms. The maximum Gasteiger partial charge on any atom is 0.138 e. The quantitative estimate of drug-likeness (QED) is 0.851. The summed E-state index contributed by atoms with van der Waals surface area (Å²) in [4.78, 5) is 4.30. The van der Waals surface area contributed by atoms with E-state index in [0.29, 0.717) is 0 Å². The Balaban J connectivity index is 2.27. The molecule has 0 spiro atoms. The van der Waals surface area contributed by atoms with Crippen LogP contribution in [0.1, 0.15) is 44.5 Å². The zero-order valence-corrected chi connectivity index (χ0v) is 13.2. The Morgan fingerprint density at radius 1 is 1.33 bits per heavy atom. The molecule has 0 bridgehead atoms. The van der Waals surface area contributed by atoms with E-state index in [-0.39, 0.29) is 12.1 Å². The van der Waals surface area contributed by atoms with E-state index in [0.717, 1.165) is 30.0 Å². The molecule has 21 heavy (non-hydrogen) atoms.